The fraction of sp³-hybridized carbons (Fsp3) is 0.333. The maximum atomic E-state index is 12.6. The quantitative estimate of drug-likeness (QED) is 0.781. The summed E-state index contributed by atoms with van der Waals surface area (Å²) in [4.78, 5) is 16.9. The Kier molecular flexibility index (Phi) is 6.53. The summed E-state index contributed by atoms with van der Waals surface area (Å²) >= 11 is 0. The first-order chi connectivity index (χ1) is 13.9. The molecule has 3 rings (SSSR count). The van der Waals surface area contributed by atoms with Crippen LogP contribution in [0.1, 0.15) is 41.6 Å². The highest BCUT2D eigenvalue weighted by atomic mass is 32.2. The van der Waals surface area contributed by atoms with E-state index in [1.807, 2.05) is 13.0 Å². The average molecular weight is 416 g/mol. The maximum Gasteiger partial charge on any atom is 0.262 e. The van der Waals surface area contributed by atoms with Gasteiger partial charge in [-0.15, -0.1) is 0 Å². The van der Waals surface area contributed by atoms with Gasteiger partial charge in [-0.3, -0.25) is 14.5 Å². The molecule has 2 aromatic rings. The number of amidine groups is 1. The van der Waals surface area contributed by atoms with Gasteiger partial charge in [0.25, 0.3) is 15.9 Å². The third-order valence-corrected chi connectivity index (χ3v) is 6.12. The van der Waals surface area contributed by atoms with E-state index < -0.39 is 10.0 Å². The number of ether oxygens (including phenoxy) is 1. The highest BCUT2D eigenvalue weighted by Gasteiger charge is 2.17. The zero-order valence-corrected chi connectivity index (χ0v) is 17.4. The largest absolute Gasteiger partial charge is 0.496 e. The zero-order valence-electron chi connectivity index (χ0n) is 16.6. The van der Waals surface area contributed by atoms with Crippen molar-refractivity contribution in [1.29, 1.82) is 0 Å². The van der Waals surface area contributed by atoms with Crippen LogP contribution in [0.2, 0.25) is 0 Å². The molecule has 0 saturated heterocycles. The first-order valence-electron chi connectivity index (χ1n) is 9.51. The predicted molar refractivity (Wildman–Crippen MR) is 113 cm³/mol. The summed E-state index contributed by atoms with van der Waals surface area (Å²) in [6, 6.07) is 11.2. The molecule has 1 amide bonds. The van der Waals surface area contributed by atoms with Crippen LogP contribution in [0.3, 0.4) is 0 Å². The number of sulfonamides is 1. The SMILES string of the molecule is COc1cc(C(=O)Nc2ccc(S(=O)(=O)NC3=NCCCCC3)cc2)ccc1C. The molecule has 0 aromatic heterocycles. The van der Waals surface area contributed by atoms with Crippen molar-refractivity contribution >= 4 is 27.5 Å². The molecule has 29 heavy (non-hydrogen) atoms. The Morgan fingerprint density at radius 2 is 1.83 bits per heavy atom. The Bertz CT molecular complexity index is 1010. The molecule has 7 nitrogen and oxygen atoms in total. The molecule has 1 aliphatic heterocycles. The minimum absolute atomic E-state index is 0.124. The van der Waals surface area contributed by atoms with Crippen LogP contribution in [-0.2, 0) is 10.0 Å². The molecule has 8 heteroatoms. The first-order valence-corrected chi connectivity index (χ1v) is 11.0. The van der Waals surface area contributed by atoms with E-state index in [9.17, 15) is 13.2 Å². The fourth-order valence-electron chi connectivity index (χ4n) is 3.05. The molecule has 0 atom stereocenters. The lowest BCUT2D eigenvalue weighted by atomic mass is 10.1. The van der Waals surface area contributed by atoms with Gasteiger partial charge < -0.3 is 10.1 Å². The summed E-state index contributed by atoms with van der Waals surface area (Å²) in [6.07, 6.45) is 3.59. The van der Waals surface area contributed by atoms with Gasteiger partial charge in [0.1, 0.15) is 11.6 Å². The second-order valence-electron chi connectivity index (χ2n) is 6.91. The van der Waals surface area contributed by atoms with Gasteiger partial charge in [-0.25, -0.2) is 8.42 Å². The number of rotatable bonds is 5. The van der Waals surface area contributed by atoms with Crippen molar-refractivity contribution in [3.8, 4) is 5.75 Å². The van der Waals surface area contributed by atoms with Gasteiger partial charge in [0, 0.05) is 24.2 Å². The van der Waals surface area contributed by atoms with E-state index in [0.717, 1.165) is 24.8 Å². The van der Waals surface area contributed by atoms with Crippen LogP contribution in [0.5, 0.6) is 5.75 Å². The smallest absolute Gasteiger partial charge is 0.262 e. The van der Waals surface area contributed by atoms with Crippen LogP contribution in [0.25, 0.3) is 0 Å². The van der Waals surface area contributed by atoms with Crippen molar-refractivity contribution in [2.45, 2.75) is 37.5 Å². The van der Waals surface area contributed by atoms with Gasteiger partial charge in [-0.1, -0.05) is 12.5 Å². The molecular formula is C21H25N3O4S. The molecule has 0 saturated carbocycles. The fourth-order valence-corrected chi connectivity index (χ4v) is 4.14. The molecule has 2 aromatic carbocycles. The Balaban J connectivity index is 1.69. The van der Waals surface area contributed by atoms with Crippen molar-refractivity contribution in [3.05, 3.63) is 53.6 Å². The zero-order chi connectivity index (χ0) is 20.9. The number of methoxy groups -OCH3 is 1. The van der Waals surface area contributed by atoms with E-state index in [2.05, 4.69) is 15.0 Å². The number of benzene rings is 2. The highest BCUT2D eigenvalue weighted by molar-refractivity contribution is 7.90. The lowest BCUT2D eigenvalue weighted by Gasteiger charge is -2.11. The van der Waals surface area contributed by atoms with E-state index in [1.165, 1.54) is 12.1 Å². The highest BCUT2D eigenvalue weighted by Crippen LogP contribution is 2.21. The van der Waals surface area contributed by atoms with Crippen molar-refractivity contribution < 1.29 is 17.9 Å². The second kappa shape index (κ2) is 9.09. The summed E-state index contributed by atoms with van der Waals surface area (Å²) in [5.74, 6) is 0.838. The van der Waals surface area contributed by atoms with Gasteiger partial charge in [0.2, 0.25) is 0 Å². The van der Waals surface area contributed by atoms with Gasteiger partial charge in [-0.2, -0.15) is 0 Å². The molecule has 2 N–H and O–H groups in total. The number of hydrogen-bond donors (Lipinski definition) is 2. The van der Waals surface area contributed by atoms with E-state index in [0.29, 0.717) is 35.8 Å². The van der Waals surface area contributed by atoms with E-state index in [1.54, 1.807) is 31.4 Å². The molecule has 0 unspecified atom stereocenters. The maximum absolute atomic E-state index is 12.6. The first kappa shape index (κ1) is 20.9. The van der Waals surface area contributed by atoms with E-state index >= 15 is 0 Å². The number of carbonyl (C=O) groups excluding carboxylic acids is 1. The van der Waals surface area contributed by atoms with Gasteiger partial charge in [0.05, 0.1) is 12.0 Å². The number of carbonyl (C=O) groups is 1. The summed E-state index contributed by atoms with van der Waals surface area (Å²) in [5.41, 5.74) is 1.89. The average Bonchev–Trinajstić information content (AvgIpc) is 2.97. The summed E-state index contributed by atoms with van der Waals surface area (Å²) < 4.78 is 33.0. The molecule has 1 heterocycles. The normalized spacial score (nSPS) is 14.5. The number of nitrogens with one attached hydrogen (secondary N) is 2. The molecule has 0 radical (unpaired) electrons. The van der Waals surface area contributed by atoms with Crippen molar-refractivity contribution in [1.82, 2.24) is 4.72 Å². The topological polar surface area (TPSA) is 96.9 Å². The van der Waals surface area contributed by atoms with Crippen molar-refractivity contribution in [3.63, 3.8) is 0 Å². The van der Waals surface area contributed by atoms with Crippen LogP contribution < -0.4 is 14.8 Å². The van der Waals surface area contributed by atoms with Crippen molar-refractivity contribution in [2.75, 3.05) is 19.0 Å². The van der Waals surface area contributed by atoms with E-state index in [-0.39, 0.29) is 10.8 Å². The lowest BCUT2D eigenvalue weighted by molar-refractivity contribution is 0.102. The monoisotopic (exact) mass is 415 g/mol. The molecule has 0 bridgehead atoms. The standard InChI is InChI=1S/C21H25N3O4S/c1-15-7-8-16(14-19(15)28-2)21(25)23-17-9-11-18(12-10-17)29(26,27)24-20-6-4-3-5-13-22-20/h7-12,14H,3-6,13H2,1-2H3,(H,22,24)(H,23,25). The van der Waals surface area contributed by atoms with Gasteiger partial charge >= 0.3 is 0 Å². The third-order valence-electron chi connectivity index (χ3n) is 4.72. The number of nitrogens with zero attached hydrogens (tertiary/aromatic N) is 1. The summed E-state index contributed by atoms with van der Waals surface area (Å²) in [6.45, 7) is 2.54. The number of anilines is 1. The van der Waals surface area contributed by atoms with Crippen LogP contribution in [-0.4, -0.2) is 33.8 Å². The van der Waals surface area contributed by atoms with Crippen LogP contribution in [0.15, 0.2) is 52.4 Å². The number of aliphatic imine (C=N–C) groups is 1. The minimum Gasteiger partial charge on any atom is -0.496 e. The predicted octanol–water partition coefficient (Wildman–Crippen LogP) is 3.51. The van der Waals surface area contributed by atoms with Gasteiger partial charge in [-0.05, 0) is 61.7 Å². The summed E-state index contributed by atoms with van der Waals surface area (Å²) in [7, 11) is -2.14. The van der Waals surface area contributed by atoms with Crippen molar-refractivity contribution in [2.24, 2.45) is 4.99 Å². The minimum atomic E-state index is -3.70. The Morgan fingerprint density at radius 3 is 2.55 bits per heavy atom. The Morgan fingerprint density at radius 1 is 1.07 bits per heavy atom. The molecule has 0 fully saturated rings. The Labute approximate surface area is 171 Å². The molecular weight excluding hydrogens is 390 g/mol. The van der Waals surface area contributed by atoms with E-state index in [4.69, 9.17) is 4.74 Å². The van der Waals surface area contributed by atoms with Crippen LogP contribution in [0.4, 0.5) is 5.69 Å². The second-order valence-corrected chi connectivity index (χ2v) is 8.59. The van der Waals surface area contributed by atoms with Gasteiger partial charge in [0.15, 0.2) is 0 Å². The lowest BCUT2D eigenvalue weighted by Crippen LogP contribution is -2.30. The molecule has 0 aliphatic carbocycles. The van der Waals surface area contributed by atoms with Crippen LogP contribution in [0, 0.1) is 6.92 Å². The number of hydrogen-bond acceptors (Lipinski definition) is 5. The number of amides is 1. The Hall–Kier alpha value is -2.87. The molecule has 0 spiro atoms. The molecule has 154 valence electrons. The summed E-state index contributed by atoms with van der Waals surface area (Å²) in [5, 5.41) is 2.76. The van der Waals surface area contributed by atoms with Crippen LogP contribution >= 0.6 is 0 Å². The molecule has 1 aliphatic rings. The third kappa shape index (κ3) is 5.35. The number of aryl methyl sites for hydroxylation is 1.